The smallest absolute Gasteiger partial charge is 0.316 e. The summed E-state index contributed by atoms with van der Waals surface area (Å²) in [6.45, 7) is 4.85. The van der Waals surface area contributed by atoms with Crippen LogP contribution >= 0.6 is 0 Å². The molecule has 0 radical (unpaired) electrons. The van der Waals surface area contributed by atoms with Crippen molar-refractivity contribution in [3.8, 4) is 0 Å². The van der Waals surface area contributed by atoms with Crippen molar-refractivity contribution in [2.45, 2.75) is 13.3 Å². The van der Waals surface area contributed by atoms with Crippen molar-refractivity contribution in [1.82, 2.24) is 4.90 Å². The van der Waals surface area contributed by atoms with E-state index in [-0.39, 0.29) is 5.91 Å². The van der Waals surface area contributed by atoms with Gasteiger partial charge in [-0.2, -0.15) is 0 Å². The summed E-state index contributed by atoms with van der Waals surface area (Å²) in [5, 5.41) is 9.68. The summed E-state index contributed by atoms with van der Waals surface area (Å²) in [5.41, 5.74) is 0. The third-order valence-electron chi connectivity index (χ3n) is 3.08. The van der Waals surface area contributed by atoms with Crippen molar-refractivity contribution in [2.75, 3.05) is 31.1 Å². The van der Waals surface area contributed by atoms with E-state index in [9.17, 15) is 10.0 Å². The second kappa shape index (κ2) is 5.03. The first-order valence-electron chi connectivity index (χ1n) is 5.95. The maximum Gasteiger partial charge on any atom is 0.316 e. The van der Waals surface area contributed by atoms with Gasteiger partial charge in [-0.05, 0) is 6.07 Å². The van der Waals surface area contributed by atoms with Gasteiger partial charge in [0, 0.05) is 12.5 Å². The Hall–Kier alpha value is -1.78. The van der Waals surface area contributed by atoms with Crippen LogP contribution in [0.15, 0.2) is 24.4 Å². The summed E-state index contributed by atoms with van der Waals surface area (Å²) in [6, 6.07) is 5.54. The molecule has 5 nitrogen and oxygen atoms in total. The SMILES string of the molecule is CCC(=O)N1CCN(c2cccc[n+]2O)CC1. The second-order valence-corrected chi connectivity index (χ2v) is 4.12. The molecule has 17 heavy (non-hydrogen) atoms. The molecular formula is C12H18N3O2+. The van der Waals surface area contributed by atoms with E-state index in [4.69, 9.17) is 0 Å². The molecule has 0 unspecified atom stereocenters. The molecule has 0 aromatic carbocycles. The van der Waals surface area contributed by atoms with Crippen LogP contribution in [0.5, 0.6) is 0 Å². The maximum absolute atomic E-state index is 11.5. The lowest BCUT2D eigenvalue weighted by atomic mass is 10.3. The van der Waals surface area contributed by atoms with Gasteiger partial charge in [-0.15, -0.1) is 0 Å². The minimum atomic E-state index is 0.203. The number of hydrogen-bond acceptors (Lipinski definition) is 3. The Morgan fingerprint density at radius 1 is 1.35 bits per heavy atom. The van der Waals surface area contributed by atoms with Crippen molar-refractivity contribution < 1.29 is 14.7 Å². The highest BCUT2D eigenvalue weighted by Crippen LogP contribution is 2.11. The van der Waals surface area contributed by atoms with E-state index >= 15 is 0 Å². The molecule has 1 fully saturated rings. The van der Waals surface area contributed by atoms with Crippen LogP contribution in [0.4, 0.5) is 5.82 Å². The number of nitrogens with zero attached hydrogens (tertiary/aromatic N) is 3. The van der Waals surface area contributed by atoms with Gasteiger partial charge in [0.05, 0.1) is 13.1 Å². The van der Waals surface area contributed by atoms with Crippen molar-refractivity contribution in [2.24, 2.45) is 0 Å². The number of aromatic nitrogens is 1. The van der Waals surface area contributed by atoms with Gasteiger partial charge in [0.25, 0.3) is 0 Å². The largest absolute Gasteiger partial charge is 0.350 e. The lowest BCUT2D eigenvalue weighted by Gasteiger charge is -2.30. The average molecular weight is 236 g/mol. The van der Waals surface area contributed by atoms with Gasteiger partial charge < -0.3 is 10.1 Å². The van der Waals surface area contributed by atoms with E-state index in [1.807, 2.05) is 24.0 Å². The van der Waals surface area contributed by atoms with Crippen LogP contribution in [0.3, 0.4) is 0 Å². The van der Waals surface area contributed by atoms with Gasteiger partial charge in [0.2, 0.25) is 5.91 Å². The summed E-state index contributed by atoms with van der Waals surface area (Å²) in [7, 11) is 0. The number of pyridine rings is 1. The number of rotatable bonds is 2. The summed E-state index contributed by atoms with van der Waals surface area (Å²) < 4.78 is 1.12. The summed E-state index contributed by atoms with van der Waals surface area (Å²) in [5.74, 6) is 0.977. The maximum atomic E-state index is 11.5. The molecule has 5 heteroatoms. The normalized spacial score (nSPS) is 16.1. The molecule has 0 aliphatic carbocycles. The molecule has 1 aromatic heterocycles. The van der Waals surface area contributed by atoms with Gasteiger partial charge in [-0.3, -0.25) is 9.69 Å². The number of amides is 1. The van der Waals surface area contributed by atoms with Crippen LogP contribution in [-0.2, 0) is 4.79 Å². The van der Waals surface area contributed by atoms with E-state index < -0.39 is 0 Å². The molecule has 0 bridgehead atoms. The second-order valence-electron chi connectivity index (χ2n) is 4.12. The van der Waals surface area contributed by atoms with Gasteiger partial charge in [0.15, 0.2) is 0 Å². The zero-order valence-electron chi connectivity index (χ0n) is 10.0. The van der Waals surface area contributed by atoms with Crippen LogP contribution in [0, 0.1) is 0 Å². The first-order valence-corrected chi connectivity index (χ1v) is 5.95. The Morgan fingerprint density at radius 3 is 2.65 bits per heavy atom. The number of carbonyl (C=O) groups excluding carboxylic acids is 1. The van der Waals surface area contributed by atoms with E-state index in [1.54, 1.807) is 12.3 Å². The van der Waals surface area contributed by atoms with Gasteiger partial charge >= 0.3 is 5.82 Å². The van der Waals surface area contributed by atoms with Crippen molar-refractivity contribution >= 4 is 11.7 Å². The molecule has 2 heterocycles. The monoisotopic (exact) mass is 236 g/mol. The third-order valence-corrected chi connectivity index (χ3v) is 3.08. The van der Waals surface area contributed by atoms with Crippen molar-refractivity contribution in [1.29, 1.82) is 0 Å². The fraction of sp³-hybridized carbons (Fsp3) is 0.500. The molecule has 1 aliphatic heterocycles. The van der Waals surface area contributed by atoms with Crippen LogP contribution in [0.2, 0.25) is 0 Å². The fourth-order valence-corrected chi connectivity index (χ4v) is 2.08. The number of hydrogen-bond donors (Lipinski definition) is 1. The third kappa shape index (κ3) is 2.49. The van der Waals surface area contributed by atoms with E-state index in [0.29, 0.717) is 6.42 Å². The predicted octanol–water partition coefficient (Wildman–Crippen LogP) is 0.270. The van der Waals surface area contributed by atoms with Crippen LogP contribution in [-0.4, -0.2) is 42.2 Å². The summed E-state index contributed by atoms with van der Waals surface area (Å²) in [4.78, 5) is 15.5. The highest BCUT2D eigenvalue weighted by Gasteiger charge is 2.26. The first-order chi connectivity index (χ1) is 8.22. The molecular weight excluding hydrogens is 218 g/mol. The molecule has 1 amide bonds. The highest BCUT2D eigenvalue weighted by atomic mass is 16.5. The number of carbonyl (C=O) groups is 1. The summed E-state index contributed by atoms with van der Waals surface area (Å²) in [6.07, 6.45) is 2.17. The molecule has 1 aliphatic rings. The van der Waals surface area contributed by atoms with E-state index in [0.717, 1.165) is 36.7 Å². The number of anilines is 1. The molecule has 1 saturated heterocycles. The van der Waals surface area contributed by atoms with Crippen molar-refractivity contribution in [3.05, 3.63) is 24.4 Å². The average Bonchev–Trinajstić information content (AvgIpc) is 2.39. The molecule has 1 aromatic rings. The zero-order valence-corrected chi connectivity index (χ0v) is 10.0. The van der Waals surface area contributed by atoms with Gasteiger partial charge in [-0.1, -0.05) is 17.7 Å². The highest BCUT2D eigenvalue weighted by molar-refractivity contribution is 5.76. The minimum Gasteiger partial charge on any atom is -0.350 e. The molecule has 0 saturated carbocycles. The van der Waals surface area contributed by atoms with Crippen LogP contribution < -0.4 is 9.63 Å². The summed E-state index contributed by atoms with van der Waals surface area (Å²) >= 11 is 0. The topological polar surface area (TPSA) is 47.7 Å². The minimum absolute atomic E-state index is 0.203. The van der Waals surface area contributed by atoms with Gasteiger partial charge in [0.1, 0.15) is 19.3 Å². The van der Waals surface area contributed by atoms with E-state index in [2.05, 4.69) is 4.90 Å². The molecule has 1 N–H and O–H groups in total. The zero-order chi connectivity index (χ0) is 12.3. The van der Waals surface area contributed by atoms with Crippen molar-refractivity contribution in [3.63, 3.8) is 0 Å². The van der Waals surface area contributed by atoms with E-state index in [1.165, 1.54) is 0 Å². The standard InChI is InChI=1S/C12H18N3O2/c1-2-12(16)14-9-7-13(8-10-14)11-5-3-4-6-15(11)17/h3-6,17H,2,7-10H2,1H3/q+1. The fourth-order valence-electron chi connectivity index (χ4n) is 2.08. The Balaban J connectivity index is 2.00. The molecule has 2 rings (SSSR count). The molecule has 0 atom stereocenters. The Bertz CT molecular complexity index is 400. The quantitative estimate of drug-likeness (QED) is 0.592. The van der Waals surface area contributed by atoms with Gasteiger partial charge in [-0.25, -0.2) is 0 Å². The molecule has 92 valence electrons. The lowest BCUT2D eigenvalue weighted by molar-refractivity contribution is -0.894. The van der Waals surface area contributed by atoms with Crippen LogP contribution in [0.1, 0.15) is 13.3 Å². The Kier molecular flexibility index (Phi) is 3.46. The lowest BCUT2D eigenvalue weighted by Crippen LogP contribution is -2.52. The predicted molar refractivity (Wildman–Crippen MR) is 62.9 cm³/mol. The first kappa shape index (κ1) is 11.7. The molecule has 0 spiro atoms. The van der Waals surface area contributed by atoms with Crippen LogP contribution in [0.25, 0.3) is 0 Å². The Labute approximate surface area is 101 Å². The Morgan fingerprint density at radius 2 is 2.06 bits per heavy atom. The number of piperazine rings is 1.